The number of para-hydroxylation sites is 4. The molecule has 0 atom stereocenters. The number of fused-ring (bicyclic) bond motifs is 1. The van der Waals surface area contributed by atoms with Crippen molar-refractivity contribution in [3.05, 3.63) is 109 Å². The third-order valence-electron chi connectivity index (χ3n) is 6.52. The van der Waals surface area contributed by atoms with Crippen molar-refractivity contribution in [2.24, 2.45) is 0 Å². The number of hydrogen-bond donors (Lipinski definition) is 2. The molecular weight excluding hydrogens is 641 g/mol. The Morgan fingerprint density at radius 2 is 1.54 bits per heavy atom. The summed E-state index contributed by atoms with van der Waals surface area (Å²) in [4.78, 5) is 30.1. The molecule has 0 unspecified atom stereocenters. The van der Waals surface area contributed by atoms with Crippen LogP contribution in [0.25, 0.3) is 15.9 Å². The van der Waals surface area contributed by atoms with Crippen molar-refractivity contribution in [2.75, 3.05) is 29.2 Å². The number of thioether (sulfide) groups is 2. The fraction of sp³-hybridized carbons (Fsp3) is 0.121. The number of thiazole rings is 1. The first kappa shape index (κ1) is 31.1. The number of rotatable bonds is 13. The van der Waals surface area contributed by atoms with Crippen LogP contribution in [0.4, 0.5) is 11.4 Å². The van der Waals surface area contributed by atoms with Gasteiger partial charge in [-0.3, -0.25) is 14.2 Å². The number of ether oxygens (including phenoxy) is 2. The van der Waals surface area contributed by atoms with Gasteiger partial charge in [-0.05, 0) is 54.6 Å². The van der Waals surface area contributed by atoms with Gasteiger partial charge in [-0.25, -0.2) is 4.98 Å². The van der Waals surface area contributed by atoms with E-state index >= 15 is 0 Å². The highest BCUT2D eigenvalue weighted by Crippen LogP contribution is 2.32. The van der Waals surface area contributed by atoms with Crippen LogP contribution in [0, 0.1) is 0 Å². The maximum Gasteiger partial charge on any atom is 0.234 e. The molecule has 46 heavy (non-hydrogen) atoms. The molecule has 2 aromatic heterocycles. The summed E-state index contributed by atoms with van der Waals surface area (Å²) in [6, 6.07) is 32.1. The molecule has 6 aromatic rings. The Hall–Kier alpha value is -4.85. The van der Waals surface area contributed by atoms with Crippen LogP contribution < -0.4 is 20.1 Å². The van der Waals surface area contributed by atoms with E-state index in [2.05, 4.69) is 25.8 Å². The van der Waals surface area contributed by atoms with E-state index in [0.29, 0.717) is 28.1 Å². The van der Waals surface area contributed by atoms with Gasteiger partial charge in [0.25, 0.3) is 0 Å². The smallest absolute Gasteiger partial charge is 0.234 e. The molecule has 6 rings (SSSR count). The molecule has 0 saturated carbocycles. The monoisotopic (exact) mass is 668 g/mol. The molecular formula is C33H28N6O4S3. The van der Waals surface area contributed by atoms with Crippen molar-refractivity contribution in [1.82, 2.24) is 19.7 Å². The SMILES string of the molecule is COc1ccccc1NC(=O)CSc1nc2ccc(NC(=O)CSc3nnc(COc4ccccc4)n3-c3ccccc3)cc2s1. The number of carbonyl (C=O) groups excluding carboxylic acids is 2. The van der Waals surface area contributed by atoms with Crippen molar-refractivity contribution in [2.45, 2.75) is 16.1 Å². The van der Waals surface area contributed by atoms with Gasteiger partial charge in [-0.2, -0.15) is 0 Å². The lowest BCUT2D eigenvalue weighted by atomic mass is 10.3. The fourth-order valence-electron chi connectivity index (χ4n) is 4.42. The van der Waals surface area contributed by atoms with E-state index in [4.69, 9.17) is 9.47 Å². The second-order valence-electron chi connectivity index (χ2n) is 9.71. The molecule has 0 aliphatic carbocycles. The minimum absolute atomic E-state index is 0.133. The molecule has 0 bridgehead atoms. The molecule has 0 fully saturated rings. The first-order valence-electron chi connectivity index (χ1n) is 14.1. The van der Waals surface area contributed by atoms with Crippen LogP contribution in [-0.2, 0) is 16.2 Å². The largest absolute Gasteiger partial charge is 0.495 e. The number of carbonyl (C=O) groups is 2. The Morgan fingerprint density at radius 1 is 0.826 bits per heavy atom. The summed E-state index contributed by atoms with van der Waals surface area (Å²) in [5, 5.41) is 15.1. The van der Waals surface area contributed by atoms with Crippen LogP contribution in [0.2, 0.25) is 0 Å². The van der Waals surface area contributed by atoms with Crippen molar-refractivity contribution in [3.8, 4) is 17.2 Å². The van der Waals surface area contributed by atoms with Crippen molar-refractivity contribution < 1.29 is 19.1 Å². The fourth-order valence-corrected chi connectivity index (χ4v) is 7.10. The summed E-state index contributed by atoms with van der Waals surface area (Å²) in [5.74, 6) is 1.96. The molecule has 232 valence electrons. The predicted molar refractivity (Wildman–Crippen MR) is 183 cm³/mol. The second kappa shape index (κ2) is 15.0. The Morgan fingerprint density at radius 3 is 2.35 bits per heavy atom. The average Bonchev–Trinajstić information content (AvgIpc) is 3.70. The lowest BCUT2D eigenvalue weighted by molar-refractivity contribution is -0.114. The Balaban J connectivity index is 1.06. The highest BCUT2D eigenvalue weighted by Gasteiger charge is 2.17. The number of methoxy groups -OCH3 is 1. The number of nitrogens with one attached hydrogen (secondary N) is 2. The number of nitrogens with zero attached hydrogens (tertiary/aromatic N) is 4. The normalized spacial score (nSPS) is 10.9. The quantitative estimate of drug-likeness (QED) is 0.126. The number of aromatic nitrogens is 4. The van der Waals surface area contributed by atoms with Crippen LogP contribution >= 0.6 is 34.9 Å². The highest BCUT2D eigenvalue weighted by atomic mass is 32.2. The van der Waals surface area contributed by atoms with Crippen LogP contribution in [0.5, 0.6) is 11.5 Å². The van der Waals surface area contributed by atoms with Gasteiger partial charge in [0.15, 0.2) is 15.3 Å². The minimum Gasteiger partial charge on any atom is -0.495 e. The molecule has 0 radical (unpaired) electrons. The Bertz CT molecular complexity index is 1950. The van der Waals surface area contributed by atoms with Crippen molar-refractivity contribution in [1.29, 1.82) is 0 Å². The van der Waals surface area contributed by atoms with E-state index in [0.717, 1.165) is 26.0 Å². The molecule has 0 spiro atoms. The summed E-state index contributed by atoms with van der Waals surface area (Å²) >= 11 is 4.12. The first-order chi connectivity index (χ1) is 22.6. The van der Waals surface area contributed by atoms with Gasteiger partial charge in [0.2, 0.25) is 11.8 Å². The van der Waals surface area contributed by atoms with Gasteiger partial charge in [0.05, 0.1) is 34.5 Å². The lowest BCUT2D eigenvalue weighted by Crippen LogP contribution is -2.14. The summed E-state index contributed by atoms with van der Waals surface area (Å²) in [5.41, 5.74) is 2.96. The van der Waals surface area contributed by atoms with E-state index in [1.165, 1.54) is 34.9 Å². The maximum atomic E-state index is 13.0. The van der Waals surface area contributed by atoms with E-state index in [-0.39, 0.29) is 29.9 Å². The van der Waals surface area contributed by atoms with E-state index in [9.17, 15) is 9.59 Å². The zero-order valence-electron chi connectivity index (χ0n) is 24.6. The molecule has 10 nitrogen and oxygen atoms in total. The van der Waals surface area contributed by atoms with Gasteiger partial charge in [-0.1, -0.05) is 72.1 Å². The highest BCUT2D eigenvalue weighted by molar-refractivity contribution is 8.01. The van der Waals surface area contributed by atoms with Crippen LogP contribution in [0.3, 0.4) is 0 Å². The predicted octanol–water partition coefficient (Wildman–Crippen LogP) is 6.93. The summed E-state index contributed by atoms with van der Waals surface area (Å²) < 4.78 is 14.8. The third-order valence-corrected chi connectivity index (χ3v) is 9.61. The molecule has 2 N–H and O–H groups in total. The number of hydrogen-bond acceptors (Lipinski definition) is 10. The molecule has 2 heterocycles. The minimum atomic E-state index is -0.179. The van der Waals surface area contributed by atoms with Crippen LogP contribution in [-0.4, -0.2) is 50.2 Å². The van der Waals surface area contributed by atoms with Gasteiger partial charge >= 0.3 is 0 Å². The summed E-state index contributed by atoms with van der Waals surface area (Å²) in [7, 11) is 1.56. The Labute approximate surface area is 277 Å². The van der Waals surface area contributed by atoms with E-state index < -0.39 is 0 Å². The van der Waals surface area contributed by atoms with Crippen LogP contribution in [0.1, 0.15) is 5.82 Å². The molecule has 0 aliphatic rings. The molecule has 13 heteroatoms. The summed E-state index contributed by atoms with van der Waals surface area (Å²) in [6.45, 7) is 0.222. The first-order valence-corrected chi connectivity index (χ1v) is 16.9. The lowest BCUT2D eigenvalue weighted by Gasteiger charge is -2.11. The molecule has 0 saturated heterocycles. The van der Waals surface area contributed by atoms with Gasteiger partial charge in [0, 0.05) is 11.4 Å². The zero-order valence-corrected chi connectivity index (χ0v) is 27.0. The average molecular weight is 669 g/mol. The maximum absolute atomic E-state index is 13.0. The topological polar surface area (TPSA) is 120 Å². The number of amides is 2. The van der Waals surface area contributed by atoms with Crippen LogP contribution in [0.15, 0.2) is 113 Å². The Kier molecular flexibility index (Phi) is 10.1. The zero-order chi connectivity index (χ0) is 31.7. The van der Waals surface area contributed by atoms with Gasteiger partial charge < -0.3 is 20.1 Å². The third kappa shape index (κ3) is 7.86. The second-order valence-corrected chi connectivity index (χ2v) is 12.9. The van der Waals surface area contributed by atoms with E-state index in [1.807, 2.05) is 95.6 Å². The molecule has 4 aromatic carbocycles. The standard InChI is InChI=1S/C33H28N6O4S3/c1-42-27-15-9-8-14-25(27)35-31(41)21-45-33-36-26-17-16-22(18-28(26)46-33)34-30(40)20-44-32-38-37-29(19-43-24-12-6-3-7-13-24)39(32)23-10-4-2-5-11-23/h2-18H,19-21H2,1H3,(H,34,40)(H,35,41). The number of benzene rings is 4. The number of anilines is 2. The van der Waals surface area contributed by atoms with Gasteiger partial charge in [0.1, 0.15) is 18.1 Å². The van der Waals surface area contributed by atoms with E-state index in [1.54, 1.807) is 19.2 Å². The molecule has 2 amide bonds. The van der Waals surface area contributed by atoms with Gasteiger partial charge in [-0.15, -0.1) is 21.5 Å². The molecule has 0 aliphatic heterocycles. The summed E-state index contributed by atoms with van der Waals surface area (Å²) in [6.07, 6.45) is 0. The van der Waals surface area contributed by atoms with Crippen molar-refractivity contribution >= 4 is 68.3 Å². The van der Waals surface area contributed by atoms with Crippen molar-refractivity contribution in [3.63, 3.8) is 0 Å².